The van der Waals surface area contributed by atoms with E-state index in [1.807, 2.05) is 30.3 Å². The first-order valence-corrected chi connectivity index (χ1v) is 11.7. The molecule has 184 valence electrons. The number of para-hydroxylation sites is 1. The molecule has 0 atom stereocenters. The lowest BCUT2D eigenvalue weighted by atomic mass is 10.2. The van der Waals surface area contributed by atoms with E-state index in [1.165, 1.54) is 6.26 Å². The van der Waals surface area contributed by atoms with Gasteiger partial charge < -0.3 is 19.8 Å². The fourth-order valence-corrected chi connectivity index (χ4v) is 3.88. The second-order valence-electron chi connectivity index (χ2n) is 8.01. The van der Waals surface area contributed by atoms with Gasteiger partial charge in [-0.25, -0.2) is 4.90 Å². The zero-order valence-corrected chi connectivity index (χ0v) is 20.1. The van der Waals surface area contributed by atoms with Crippen LogP contribution in [0.15, 0.2) is 112 Å². The molecule has 0 radical (unpaired) electrons. The van der Waals surface area contributed by atoms with Gasteiger partial charge in [0.05, 0.1) is 18.5 Å². The number of nitrogens with zero attached hydrogens (tertiary/aromatic N) is 1. The van der Waals surface area contributed by atoms with Gasteiger partial charge in [-0.15, -0.1) is 0 Å². The molecule has 1 aliphatic heterocycles. The van der Waals surface area contributed by atoms with Crippen LogP contribution in [-0.4, -0.2) is 17.7 Å². The van der Waals surface area contributed by atoms with Gasteiger partial charge in [-0.05, 0) is 72.8 Å². The van der Waals surface area contributed by atoms with Crippen LogP contribution in [0.5, 0.6) is 11.5 Å². The summed E-state index contributed by atoms with van der Waals surface area (Å²) in [6.07, 6.45) is 1.54. The average Bonchev–Trinajstić information content (AvgIpc) is 3.52. The van der Waals surface area contributed by atoms with Crippen LogP contribution in [0, 0.1) is 0 Å². The Bertz CT molecular complexity index is 1460. The number of furan rings is 1. The summed E-state index contributed by atoms with van der Waals surface area (Å²) in [5, 5.41) is 5.43. The van der Waals surface area contributed by atoms with Gasteiger partial charge in [0.15, 0.2) is 0 Å². The SMILES string of the molecule is O=C(NCc1ccco1)c1ccc(NC2=C(Cl)C(=O)N(c3ccc(Oc4ccccc4)cc3)C2=O)cc1. The molecule has 0 saturated heterocycles. The third kappa shape index (κ3) is 5.24. The van der Waals surface area contributed by atoms with Crippen molar-refractivity contribution in [1.29, 1.82) is 0 Å². The van der Waals surface area contributed by atoms with E-state index >= 15 is 0 Å². The minimum atomic E-state index is -0.639. The number of hydrogen-bond donors (Lipinski definition) is 2. The maximum atomic E-state index is 13.1. The van der Waals surface area contributed by atoms with Crippen molar-refractivity contribution in [3.8, 4) is 11.5 Å². The number of hydrogen-bond acceptors (Lipinski definition) is 6. The second kappa shape index (κ2) is 10.4. The van der Waals surface area contributed by atoms with Gasteiger partial charge >= 0.3 is 0 Å². The highest BCUT2D eigenvalue weighted by Gasteiger charge is 2.39. The van der Waals surface area contributed by atoms with Gasteiger partial charge in [0.25, 0.3) is 17.7 Å². The van der Waals surface area contributed by atoms with Crippen molar-refractivity contribution in [2.45, 2.75) is 6.54 Å². The predicted octanol–water partition coefficient (Wildman–Crippen LogP) is 5.44. The third-order valence-electron chi connectivity index (χ3n) is 5.52. The second-order valence-corrected chi connectivity index (χ2v) is 8.39. The molecule has 0 unspecified atom stereocenters. The molecule has 2 heterocycles. The Hall–Kier alpha value is -4.82. The maximum Gasteiger partial charge on any atom is 0.283 e. The summed E-state index contributed by atoms with van der Waals surface area (Å²) in [5.41, 5.74) is 1.22. The Balaban J connectivity index is 1.24. The van der Waals surface area contributed by atoms with E-state index in [1.54, 1.807) is 60.7 Å². The van der Waals surface area contributed by atoms with Crippen molar-refractivity contribution in [2.75, 3.05) is 10.2 Å². The van der Waals surface area contributed by atoms with E-state index in [4.69, 9.17) is 20.8 Å². The zero-order chi connectivity index (χ0) is 25.8. The van der Waals surface area contributed by atoms with E-state index in [0.717, 1.165) is 4.90 Å². The Kier molecular flexibility index (Phi) is 6.74. The van der Waals surface area contributed by atoms with E-state index in [2.05, 4.69) is 10.6 Å². The molecule has 4 aromatic rings. The number of imide groups is 1. The summed E-state index contributed by atoms with van der Waals surface area (Å²) in [7, 11) is 0. The number of benzene rings is 3. The maximum absolute atomic E-state index is 13.1. The molecule has 2 N–H and O–H groups in total. The summed E-state index contributed by atoms with van der Waals surface area (Å²) in [5.74, 6) is 0.353. The average molecular weight is 514 g/mol. The van der Waals surface area contributed by atoms with Crippen molar-refractivity contribution in [1.82, 2.24) is 5.32 Å². The lowest BCUT2D eigenvalue weighted by Gasteiger charge is -2.16. The normalized spacial score (nSPS) is 13.2. The highest BCUT2D eigenvalue weighted by molar-refractivity contribution is 6.53. The molecule has 0 aliphatic carbocycles. The largest absolute Gasteiger partial charge is 0.467 e. The number of rotatable bonds is 8. The van der Waals surface area contributed by atoms with Crippen LogP contribution in [0.25, 0.3) is 0 Å². The summed E-state index contributed by atoms with van der Waals surface area (Å²) >= 11 is 6.24. The Labute approximate surface area is 217 Å². The first-order chi connectivity index (χ1) is 18.0. The quantitative estimate of drug-likeness (QED) is 0.304. The topological polar surface area (TPSA) is 101 Å². The molecule has 0 saturated carbocycles. The summed E-state index contributed by atoms with van der Waals surface area (Å²) < 4.78 is 11.0. The van der Waals surface area contributed by atoms with Crippen LogP contribution in [0.2, 0.25) is 0 Å². The highest BCUT2D eigenvalue weighted by atomic mass is 35.5. The van der Waals surface area contributed by atoms with Crippen LogP contribution in [0.1, 0.15) is 16.1 Å². The Morgan fingerprint density at radius 3 is 2.22 bits per heavy atom. The van der Waals surface area contributed by atoms with Crippen molar-refractivity contribution in [2.24, 2.45) is 0 Å². The zero-order valence-electron chi connectivity index (χ0n) is 19.3. The molecule has 0 bridgehead atoms. The molecule has 5 rings (SSSR count). The van der Waals surface area contributed by atoms with Gasteiger partial charge in [0.1, 0.15) is 28.0 Å². The highest BCUT2D eigenvalue weighted by Crippen LogP contribution is 2.32. The molecular formula is C28H20ClN3O5. The summed E-state index contributed by atoms with van der Waals surface area (Å²) in [6.45, 7) is 0.264. The first-order valence-electron chi connectivity index (χ1n) is 11.3. The molecular weight excluding hydrogens is 494 g/mol. The fourth-order valence-electron chi connectivity index (χ4n) is 3.67. The number of anilines is 2. The van der Waals surface area contributed by atoms with Crippen molar-refractivity contribution in [3.05, 3.63) is 119 Å². The predicted molar refractivity (Wildman–Crippen MR) is 138 cm³/mol. The van der Waals surface area contributed by atoms with Crippen molar-refractivity contribution < 1.29 is 23.5 Å². The Morgan fingerprint density at radius 1 is 0.838 bits per heavy atom. The number of amides is 3. The van der Waals surface area contributed by atoms with Crippen LogP contribution in [-0.2, 0) is 16.1 Å². The molecule has 3 aromatic carbocycles. The molecule has 9 heteroatoms. The van der Waals surface area contributed by atoms with Gasteiger partial charge in [-0.2, -0.15) is 0 Å². The monoisotopic (exact) mass is 513 g/mol. The summed E-state index contributed by atoms with van der Waals surface area (Å²) in [6, 6.07) is 25.7. The van der Waals surface area contributed by atoms with Crippen molar-refractivity contribution in [3.63, 3.8) is 0 Å². The first kappa shape index (κ1) is 23.9. The lowest BCUT2D eigenvalue weighted by molar-refractivity contribution is -0.120. The number of carbonyl (C=O) groups excluding carboxylic acids is 3. The summed E-state index contributed by atoms with van der Waals surface area (Å²) in [4.78, 5) is 39.2. The van der Waals surface area contributed by atoms with Gasteiger partial charge in [-0.1, -0.05) is 29.8 Å². The minimum absolute atomic E-state index is 0.0497. The number of carbonyl (C=O) groups is 3. The Morgan fingerprint density at radius 2 is 1.54 bits per heavy atom. The van der Waals surface area contributed by atoms with Gasteiger partial charge in [0.2, 0.25) is 0 Å². The molecule has 37 heavy (non-hydrogen) atoms. The standard InChI is InChI=1S/C28H20ClN3O5/c29-24-25(31-19-10-8-18(9-11-19)26(33)30-17-23-7-4-16-36-23)28(35)32(27(24)34)20-12-14-22(15-13-20)37-21-5-2-1-3-6-21/h1-16,31H,17H2,(H,30,33). The van der Waals surface area contributed by atoms with Crippen LogP contribution in [0.4, 0.5) is 11.4 Å². The van der Waals surface area contributed by atoms with E-state index in [-0.39, 0.29) is 23.2 Å². The molecule has 3 amide bonds. The molecule has 1 aromatic heterocycles. The number of halogens is 1. The molecule has 1 aliphatic rings. The van der Waals surface area contributed by atoms with Crippen LogP contribution >= 0.6 is 11.6 Å². The molecule has 0 fully saturated rings. The van der Waals surface area contributed by atoms with E-state index in [0.29, 0.717) is 34.2 Å². The fraction of sp³-hybridized carbons (Fsp3) is 0.0357. The van der Waals surface area contributed by atoms with Crippen LogP contribution < -0.4 is 20.3 Å². The lowest BCUT2D eigenvalue weighted by Crippen LogP contribution is -2.32. The third-order valence-corrected chi connectivity index (χ3v) is 5.87. The van der Waals surface area contributed by atoms with Gasteiger partial charge in [-0.3, -0.25) is 14.4 Å². The molecule has 8 nitrogen and oxygen atoms in total. The van der Waals surface area contributed by atoms with Crippen molar-refractivity contribution >= 4 is 40.7 Å². The molecule has 0 spiro atoms. The van der Waals surface area contributed by atoms with Gasteiger partial charge in [0, 0.05) is 11.3 Å². The van der Waals surface area contributed by atoms with Crippen LogP contribution in [0.3, 0.4) is 0 Å². The smallest absolute Gasteiger partial charge is 0.283 e. The number of ether oxygens (including phenoxy) is 1. The van der Waals surface area contributed by atoms with E-state index < -0.39 is 11.8 Å². The number of nitrogens with one attached hydrogen (secondary N) is 2. The minimum Gasteiger partial charge on any atom is -0.467 e. The van der Waals surface area contributed by atoms with E-state index in [9.17, 15) is 14.4 Å².